The van der Waals surface area contributed by atoms with E-state index >= 15 is 0 Å². The third-order valence-electron chi connectivity index (χ3n) is 5.45. The van der Waals surface area contributed by atoms with Gasteiger partial charge in [0, 0.05) is 24.7 Å². The number of rotatable bonds is 9. The van der Waals surface area contributed by atoms with Gasteiger partial charge in [0.05, 0.1) is 19.2 Å². The van der Waals surface area contributed by atoms with Crippen LogP contribution in [0.15, 0.2) is 59.1 Å². The van der Waals surface area contributed by atoms with Crippen LogP contribution in [0.4, 0.5) is 0 Å². The van der Waals surface area contributed by atoms with Gasteiger partial charge < -0.3 is 23.6 Å². The fourth-order valence-corrected chi connectivity index (χ4v) is 3.82. The lowest BCUT2D eigenvalue weighted by Crippen LogP contribution is -2.26. The summed E-state index contributed by atoms with van der Waals surface area (Å²) in [6.07, 6.45) is 1.49. The van der Waals surface area contributed by atoms with Crippen molar-refractivity contribution in [1.82, 2.24) is 9.55 Å². The highest BCUT2D eigenvalue weighted by Crippen LogP contribution is 2.31. The van der Waals surface area contributed by atoms with E-state index in [2.05, 4.69) is 4.57 Å². The molecular formula is C25H26N2O5. The van der Waals surface area contributed by atoms with Crippen LogP contribution in [-0.4, -0.2) is 40.4 Å². The Hall–Kier alpha value is -3.58. The number of aliphatic carboxylic acids is 1. The van der Waals surface area contributed by atoms with Gasteiger partial charge in [-0.15, -0.1) is 0 Å². The number of carboxylic acids is 1. The minimum absolute atomic E-state index is 0.328. The molecule has 7 heteroatoms. The summed E-state index contributed by atoms with van der Waals surface area (Å²) in [4.78, 5) is 16.1. The summed E-state index contributed by atoms with van der Waals surface area (Å²) in [7, 11) is 1.63. The van der Waals surface area contributed by atoms with Crippen molar-refractivity contribution in [3.63, 3.8) is 0 Å². The molecule has 0 spiro atoms. The van der Waals surface area contributed by atoms with Crippen LogP contribution < -0.4 is 4.74 Å². The van der Waals surface area contributed by atoms with E-state index in [1.165, 1.54) is 0 Å². The minimum Gasteiger partial charge on any atom is -0.496 e. The van der Waals surface area contributed by atoms with Crippen LogP contribution >= 0.6 is 0 Å². The number of benzene rings is 2. The van der Waals surface area contributed by atoms with E-state index in [0.29, 0.717) is 31.2 Å². The molecule has 0 bridgehead atoms. The Morgan fingerprint density at radius 2 is 2.03 bits per heavy atom. The van der Waals surface area contributed by atoms with Gasteiger partial charge in [0.2, 0.25) is 5.89 Å². The van der Waals surface area contributed by atoms with E-state index in [1.54, 1.807) is 14.0 Å². The van der Waals surface area contributed by atoms with Crippen molar-refractivity contribution in [1.29, 1.82) is 0 Å². The SMILES string of the molecule is CCO[C@@H](Cc1ccc2c(ccn2Cc2nc(-c3ccccc3OC)oc2C)c1)C(=O)O. The van der Waals surface area contributed by atoms with Crippen LogP contribution in [0.25, 0.3) is 22.4 Å². The summed E-state index contributed by atoms with van der Waals surface area (Å²) in [5.74, 6) is 1.05. The molecule has 1 atom stereocenters. The number of oxazole rings is 1. The molecule has 4 rings (SSSR count). The molecule has 32 heavy (non-hydrogen) atoms. The second-order valence-electron chi connectivity index (χ2n) is 7.55. The van der Waals surface area contributed by atoms with Gasteiger partial charge in [-0.1, -0.05) is 18.2 Å². The van der Waals surface area contributed by atoms with Gasteiger partial charge in [-0.2, -0.15) is 0 Å². The first kappa shape index (κ1) is 21.6. The molecule has 0 saturated carbocycles. The predicted molar refractivity (Wildman–Crippen MR) is 121 cm³/mol. The molecule has 2 heterocycles. The molecule has 2 aromatic heterocycles. The normalized spacial score (nSPS) is 12.2. The Labute approximate surface area is 186 Å². The number of carbonyl (C=O) groups is 1. The number of methoxy groups -OCH3 is 1. The van der Waals surface area contributed by atoms with Gasteiger partial charge in [-0.05, 0) is 55.1 Å². The van der Waals surface area contributed by atoms with Crippen molar-refractivity contribution in [2.75, 3.05) is 13.7 Å². The van der Waals surface area contributed by atoms with Crippen molar-refractivity contribution < 1.29 is 23.8 Å². The Balaban J connectivity index is 1.58. The zero-order valence-corrected chi connectivity index (χ0v) is 18.4. The standard InChI is InChI=1S/C25H26N2O5/c1-4-31-23(25(28)29)14-17-9-10-21-18(13-17)11-12-27(21)15-20-16(2)32-24(26-20)19-7-5-6-8-22(19)30-3/h5-13,23H,4,14-15H2,1-3H3,(H,28,29)/t23-/m0/s1. The van der Waals surface area contributed by atoms with Crippen molar-refractivity contribution in [2.24, 2.45) is 0 Å². The summed E-state index contributed by atoms with van der Waals surface area (Å²) in [5.41, 5.74) is 3.62. The predicted octanol–water partition coefficient (Wildman–Crippen LogP) is 4.69. The molecule has 0 fully saturated rings. The zero-order valence-electron chi connectivity index (χ0n) is 18.4. The van der Waals surface area contributed by atoms with Crippen molar-refractivity contribution in [2.45, 2.75) is 32.9 Å². The van der Waals surface area contributed by atoms with Gasteiger partial charge in [0.15, 0.2) is 6.10 Å². The van der Waals surface area contributed by atoms with Crippen molar-refractivity contribution >= 4 is 16.9 Å². The van der Waals surface area contributed by atoms with Gasteiger partial charge in [0.1, 0.15) is 17.2 Å². The fourth-order valence-electron chi connectivity index (χ4n) is 3.82. The number of fused-ring (bicyclic) bond motifs is 1. The Morgan fingerprint density at radius 1 is 1.22 bits per heavy atom. The molecule has 0 unspecified atom stereocenters. The van der Waals surface area contributed by atoms with E-state index in [4.69, 9.17) is 18.9 Å². The number of para-hydroxylation sites is 1. The van der Waals surface area contributed by atoms with Crippen LogP contribution in [0, 0.1) is 6.92 Å². The fraction of sp³-hybridized carbons (Fsp3) is 0.280. The monoisotopic (exact) mass is 434 g/mol. The number of hydrogen-bond acceptors (Lipinski definition) is 5. The quantitative estimate of drug-likeness (QED) is 0.411. The van der Waals surface area contributed by atoms with E-state index in [9.17, 15) is 9.90 Å². The zero-order chi connectivity index (χ0) is 22.7. The van der Waals surface area contributed by atoms with Crippen LogP contribution in [0.5, 0.6) is 5.75 Å². The van der Waals surface area contributed by atoms with Crippen molar-refractivity contribution in [3.05, 3.63) is 71.7 Å². The number of aromatic nitrogens is 2. The first-order chi connectivity index (χ1) is 15.5. The Morgan fingerprint density at radius 3 is 2.78 bits per heavy atom. The van der Waals surface area contributed by atoms with Crippen LogP contribution in [0.3, 0.4) is 0 Å². The summed E-state index contributed by atoms with van der Waals surface area (Å²) in [6.45, 7) is 4.63. The smallest absolute Gasteiger partial charge is 0.333 e. The third kappa shape index (κ3) is 4.38. The lowest BCUT2D eigenvalue weighted by Gasteiger charge is -2.12. The first-order valence-electron chi connectivity index (χ1n) is 10.5. The highest BCUT2D eigenvalue weighted by Gasteiger charge is 2.19. The summed E-state index contributed by atoms with van der Waals surface area (Å²) in [5, 5.41) is 10.4. The number of aryl methyl sites for hydroxylation is 1. The molecule has 1 N–H and O–H groups in total. The molecule has 0 aliphatic carbocycles. The molecule has 166 valence electrons. The molecule has 0 aliphatic heterocycles. The first-order valence-corrected chi connectivity index (χ1v) is 10.5. The van der Waals surface area contributed by atoms with Crippen molar-refractivity contribution in [3.8, 4) is 17.2 Å². The molecule has 0 saturated heterocycles. The lowest BCUT2D eigenvalue weighted by molar-refractivity contribution is -0.149. The average Bonchev–Trinajstić information content (AvgIpc) is 3.36. The maximum atomic E-state index is 11.4. The summed E-state index contributed by atoms with van der Waals surface area (Å²) < 4.78 is 18.8. The molecule has 2 aromatic carbocycles. The number of ether oxygens (including phenoxy) is 2. The van der Waals surface area contributed by atoms with Gasteiger partial charge in [0.25, 0.3) is 0 Å². The Kier molecular flexibility index (Phi) is 6.28. The molecule has 0 amide bonds. The minimum atomic E-state index is -0.947. The maximum Gasteiger partial charge on any atom is 0.333 e. The van der Waals surface area contributed by atoms with E-state index in [1.807, 2.05) is 61.7 Å². The van der Waals surface area contributed by atoms with Crippen LogP contribution in [0.2, 0.25) is 0 Å². The largest absolute Gasteiger partial charge is 0.496 e. The molecule has 0 radical (unpaired) electrons. The molecular weight excluding hydrogens is 408 g/mol. The molecule has 4 aromatic rings. The average molecular weight is 434 g/mol. The number of nitrogens with zero attached hydrogens (tertiary/aromatic N) is 2. The highest BCUT2D eigenvalue weighted by molar-refractivity contribution is 5.81. The second-order valence-corrected chi connectivity index (χ2v) is 7.55. The summed E-state index contributed by atoms with van der Waals surface area (Å²) in [6, 6.07) is 15.6. The topological polar surface area (TPSA) is 86.7 Å². The Bertz CT molecular complexity index is 1240. The summed E-state index contributed by atoms with van der Waals surface area (Å²) >= 11 is 0. The van der Waals surface area contributed by atoms with Crippen LogP contribution in [0.1, 0.15) is 23.9 Å². The van der Waals surface area contributed by atoms with E-state index in [0.717, 1.165) is 33.5 Å². The maximum absolute atomic E-state index is 11.4. The van der Waals surface area contributed by atoms with E-state index in [-0.39, 0.29) is 0 Å². The van der Waals surface area contributed by atoms with Crippen LogP contribution in [-0.2, 0) is 22.5 Å². The van der Waals surface area contributed by atoms with Gasteiger partial charge in [-0.25, -0.2) is 9.78 Å². The lowest BCUT2D eigenvalue weighted by atomic mass is 10.1. The molecule has 7 nitrogen and oxygen atoms in total. The number of hydrogen-bond donors (Lipinski definition) is 1. The molecule has 0 aliphatic rings. The third-order valence-corrected chi connectivity index (χ3v) is 5.45. The second kappa shape index (κ2) is 9.28. The highest BCUT2D eigenvalue weighted by atomic mass is 16.5. The number of carboxylic acid groups (broad SMARTS) is 1. The van der Waals surface area contributed by atoms with Gasteiger partial charge in [-0.3, -0.25) is 0 Å². The van der Waals surface area contributed by atoms with Gasteiger partial charge >= 0.3 is 5.97 Å². The van der Waals surface area contributed by atoms with E-state index < -0.39 is 12.1 Å².